The molecule has 0 saturated heterocycles. The molecule has 5 aromatic carbocycles. The lowest BCUT2D eigenvalue weighted by molar-refractivity contribution is -0.161. The first-order valence-electron chi connectivity index (χ1n) is 18.6. The Kier molecular flexibility index (Phi) is 10.7. The normalized spacial score (nSPS) is 22.2. The van der Waals surface area contributed by atoms with Crippen molar-refractivity contribution in [1.82, 2.24) is 0 Å². The number of ether oxygens (including phenoxy) is 4. The maximum Gasteiger partial charge on any atom is 0.310 e. The van der Waals surface area contributed by atoms with Crippen LogP contribution in [0.3, 0.4) is 0 Å². The summed E-state index contributed by atoms with van der Waals surface area (Å²) in [7, 11) is 3.03. The summed E-state index contributed by atoms with van der Waals surface area (Å²) >= 11 is 0. The van der Waals surface area contributed by atoms with Crippen LogP contribution >= 0.6 is 0 Å². The fourth-order valence-corrected chi connectivity index (χ4v) is 8.71. The lowest BCUT2D eigenvalue weighted by atomic mass is 9.56. The van der Waals surface area contributed by atoms with E-state index in [0.717, 1.165) is 38.6 Å². The summed E-state index contributed by atoms with van der Waals surface area (Å²) in [5.41, 5.74) is 4.08. The van der Waals surface area contributed by atoms with E-state index in [1.165, 1.54) is 21.1 Å². The SMILES string of the molecule is COc1cc(C2CC(OC(=O)Cc3ccc4cc(O)ccc4c3)CC(OC(C)=O)C3Cc4cc(OC)c(O)cc4CC3(C=Cc3ccccc3)C2)ccc1O. The number of rotatable bonds is 9. The fourth-order valence-electron chi connectivity index (χ4n) is 8.71. The number of allylic oxidation sites excluding steroid dienone is 1. The minimum Gasteiger partial charge on any atom is -0.508 e. The number of aromatic hydroxyl groups is 3. The quantitative estimate of drug-likeness (QED) is 0.127. The molecule has 1 saturated carbocycles. The van der Waals surface area contributed by atoms with Crippen LogP contribution in [0.5, 0.6) is 28.7 Å². The Labute approximate surface area is 320 Å². The topological polar surface area (TPSA) is 132 Å². The number of carbonyl (C=O) groups excluding carboxylic acids is 2. The molecule has 9 heteroatoms. The molecule has 5 aromatic rings. The van der Waals surface area contributed by atoms with Gasteiger partial charge in [0.1, 0.15) is 18.0 Å². The van der Waals surface area contributed by atoms with Gasteiger partial charge in [0.05, 0.1) is 20.6 Å². The maximum absolute atomic E-state index is 13.8. The summed E-state index contributed by atoms with van der Waals surface area (Å²) in [6.07, 6.45) is 5.47. The van der Waals surface area contributed by atoms with Gasteiger partial charge >= 0.3 is 11.9 Å². The number of esters is 2. The molecule has 0 spiro atoms. The van der Waals surface area contributed by atoms with E-state index in [2.05, 4.69) is 12.2 Å². The average Bonchev–Trinajstić information content (AvgIpc) is 3.16. The molecule has 0 bridgehead atoms. The summed E-state index contributed by atoms with van der Waals surface area (Å²) in [5, 5.41) is 33.1. The lowest BCUT2D eigenvalue weighted by Gasteiger charge is -2.50. The van der Waals surface area contributed by atoms with Gasteiger partial charge in [-0.25, -0.2) is 0 Å². The molecule has 0 heterocycles. The van der Waals surface area contributed by atoms with Gasteiger partial charge in [-0.15, -0.1) is 0 Å². The number of carbonyl (C=O) groups is 2. The molecule has 1 fully saturated rings. The molecule has 2 aliphatic carbocycles. The van der Waals surface area contributed by atoms with Crippen molar-refractivity contribution in [2.24, 2.45) is 11.3 Å². The predicted molar refractivity (Wildman–Crippen MR) is 209 cm³/mol. The number of phenolic OH excluding ortho intramolecular Hbond substituents is 3. The second-order valence-electron chi connectivity index (χ2n) is 14.9. The largest absolute Gasteiger partial charge is 0.508 e. The summed E-state index contributed by atoms with van der Waals surface area (Å²) in [5.74, 6) is -0.309. The van der Waals surface area contributed by atoms with Gasteiger partial charge in [-0.1, -0.05) is 72.8 Å². The van der Waals surface area contributed by atoms with Crippen molar-refractivity contribution in [3.05, 3.63) is 131 Å². The van der Waals surface area contributed by atoms with Gasteiger partial charge in [0, 0.05) is 19.3 Å². The lowest BCUT2D eigenvalue weighted by Crippen LogP contribution is -2.49. The first-order chi connectivity index (χ1) is 26.5. The first-order valence-corrected chi connectivity index (χ1v) is 18.6. The van der Waals surface area contributed by atoms with Crippen molar-refractivity contribution < 1.29 is 43.9 Å². The van der Waals surface area contributed by atoms with E-state index in [9.17, 15) is 24.9 Å². The Bertz CT molecular complexity index is 2230. The van der Waals surface area contributed by atoms with Crippen molar-refractivity contribution in [1.29, 1.82) is 0 Å². The van der Waals surface area contributed by atoms with Crippen molar-refractivity contribution >= 4 is 28.8 Å². The fraction of sp³-hybridized carbons (Fsp3) is 0.304. The van der Waals surface area contributed by atoms with Gasteiger partial charge in [0.15, 0.2) is 23.0 Å². The van der Waals surface area contributed by atoms with E-state index >= 15 is 0 Å². The zero-order valence-electron chi connectivity index (χ0n) is 31.2. The van der Waals surface area contributed by atoms with Crippen LogP contribution in [0.25, 0.3) is 16.8 Å². The molecule has 5 unspecified atom stereocenters. The minimum atomic E-state index is -0.620. The third-order valence-corrected chi connectivity index (χ3v) is 11.3. The molecule has 5 atom stereocenters. The highest BCUT2D eigenvalue weighted by molar-refractivity contribution is 5.85. The van der Waals surface area contributed by atoms with Crippen molar-refractivity contribution in [2.45, 2.75) is 63.6 Å². The Balaban J connectivity index is 1.31. The van der Waals surface area contributed by atoms with Gasteiger partial charge in [-0.2, -0.15) is 0 Å². The van der Waals surface area contributed by atoms with Crippen molar-refractivity contribution in [2.75, 3.05) is 14.2 Å². The standard InChI is InChI=1S/C46H46O9/c1-28(47)54-42-25-38(55-45(51)18-30-9-10-32-19-37(48)13-11-31(32)17-30)20-35(33-12-14-40(49)43(23-33)52-2)26-46(16-15-29-7-5-4-6-8-29)27-36-22-41(50)44(53-3)24-34(36)21-39(42)46/h4-17,19,22-24,35,38-39,42,48-50H,18,20-21,25-27H2,1-3H3. The molecule has 7 rings (SSSR count). The average molecular weight is 743 g/mol. The molecule has 0 aliphatic heterocycles. The van der Waals surface area contributed by atoms with Gasteiger partial charge in [-0.3, -0.25) is 9.59 Å². The molecule has 0 aromatic heterocycles. The second-order valence-corrected chi connectivity index (χ2v) is 14.9. The minimum absolute atomic E-state index is 0.0215. The van der Waals surface area contributed by atoms with Gasteiger partial charge in [0.2, 0.25) is 0 Å². The molecular weight excluding hydrogens is 696 g/mol. The van der Waals surface area contributed by atoms with E-state index in [1.54, 1.807) is 24.3 Å². The third-order valence-electron chi connectivity index (χ3n) is 11.3. The smallest absolute Gasteiger partial charge is 0.310 e. The molecule has 9 nitrogen and oxygen atoms in total. The number of hydrogen-bond acceptors (Lipinski definition) is 9. The number of methoxy groups -OCH3 is 2. The highest BCUT2D eigenvalue weighted by Crippen LogP contribution is 2.54. The van der Waals surface area contributed by atoms with Gasteiger partial charge in [-0.05, 0) is 112 Å². The summed E-state index contributed by atoms with van der Waals surface area (Å²) < 4.78 is 23.6. The van der Waals surface area contributed by atoms with Crippen LogP contribution in [-0.2, 0) is 38.3 Å². The highest BCUT2D eigenvalue weighted by atomic mass is 16.6. The van der Waals surface area contributed by atoms with Crippen LogP contribution in [0.15, 0.2) is 103 Å². The first kappa shape index (κ1) is 37.4. The summed E-state index contributed by atoms with van der Waals surface area (Å²) in [6, 6.07) is 29.8. The molecule has 3 N–H and O–H groups in total. The molecule has 0 radical (unpaired) electrons. The Hall–Kier alpha value is -5.96. The zero-order chi connectivity index (χ0) is 38.7. The van der Waals surface area contributed by atoms with Crippen LogP contribution in [0, 0.1) is 11.3 Å². The molecule has 284 valence electrons. The Morgan fingerprint density at radius 3 is 2.29 bits per heavy atom. The van der Waals surface area contributed by atoms with Crippen LogP contribution in [0.4, 0.5) is 0 Å². The third kappa shape index (κ3) is 8.26. The monoisotopic (exact) mass is 742 g/mol. The van der Waals surface area contributed by atoms with E-state index in [0.29, 0.717) is 37.2 Å². The number of phenols is 3. The number of fused-ring (bicyclic) bond motifs is 3. The van der Waals surface area contributed by atoms with Crippen molar-refractivity contribution in [3.63, 3.8) is 0 Å². The Morgan fingerprint density at radius 2 is 1.53 bits per heavy atom. The number of hydrogen-bond donors (Lipinski definition) is 3. The van der Waals surface area contributed by atoms with Gasteiger partial charge < -0.3 is 34.3 Å². The van der Waals surface area contributed by atoms with Crippen LogP contribution in [0.2, 0.25) is 0 Å². The number of benzene rings is 5. The van der Waals surface area contributed by atoms with Crippen LogP contribution < -0.4 is 9.47 Å². The van der Waals surface area contributed by atoms with E-state index in [4.69, 9.17) is 18.9 Å². The second kappa shape index (κ2) is 15.8. The molecule has 55 heavy (non-hydrogen) atoms. The van der Waals surface area contributed by atoms with Crippen molar-refractivity contribution in [3.8, 4) is 28.7 Å². The summed E-state index contributed by atoms with van der Waals surface area (Å²) in [4.78, 5) is 26.7. The molecular formula is C46H46O9. The van der Waals surface area contributed by atoms with E-state index in [-0.39, 0.29) is 41.9 Å². The highest BCUT2D eigenvalue weighted by Gasteiger charge is 2.50. The van der Waals surface area contributed by atoms with Crippen LogP contribution in [0.1, 0.15) is 59.9 Å². The van der Waals surface area contributed by atoms with E-state index in [1.807, 2.05) is 72.8 Å². The Morgan fingerprint density at radius 1 is 0.782 bits per heavy atom. The summed E-state index contributed by atoms with van der Waals surface area (Å²) in [6.45, 7) is 1.41. The predicted octanol–water partition coefficient (Wildman–Crippen LogP) is 8.44. The van der Waals surface area contributed by atoms with Gasteiger partial charge in [0.25, 0.3) is 0 Å². The maximum atomic E-state index is 13.8. The van der Waals surface area contributed by atoms with Crippen LogP contribution in [-0.4, -0.2) is 53.7 Å². The zero-order valence-corrected chi connectivity index (χ0v) is 31.2. The van der Waals surface area contributed by atoms with E-state index < -0.39 is 29.6 Å². The molecule has 0 amide bonds. The molecule has 2 aliphatic rings.